The van der Waals surface area contributed by atoms with Gasteiger partial charge in [-0.15, -0.1) is 0 Å². The summed E-state index contributed by atoms with van der Waals surface area (Å²) in [6.07, 6.45) is 1.91. The van der Waals surface area contributed by atoms with Gasteiger partial charge >= 0.3 is 0 Å². The van der Waals surface area contributed by atoms with Gasteiger partial charge in [0.15, 0.2) is 0 Å². The number of piperazine rings is 1. The predicted octanol–water partition coefficient (Wildman–Crippen LogP) is 0.989. The van der Waals surface area contributed by atoms with Gasteiger partial charge in [-0.2, -0.15) is 0 Å². The summed E-state index contributed by atoms with van der Waals surface area (Å²) in [4.78, 5) is 9.16. The minimum absolute atomic E-state index is 0.529. The maximum absolute atomic E-state index is 5.80. The standard InChI is InChI=1S/C13H22N4/c1-10-6-13(12(7-14)8-15-10)17-5-4-16(3)9-11(17)2/h6,8,11H,4-5,7,9,14H2,1-3H3. The maximum Gasteiger partial charge on any atom is 0.0448 e. The molecule has 1 aromatic rings. The second kappa shape index (κ2) is 5.02. The lowest BCUT2D eigenvalue weighted by atomic mass is 10.1. The first-order chi connectivity index (χ1) is 8.11. The molecule has 0 aromatic carbocycles. The van der Waals surface area contributed by atoms with Crippen molar-refractivity contribution in [3.63, 3.8) is 0 Å². The van der Waals surface area contributed by atoms with E-state index in [0.29, 0.717) is 12.6 Å². The van der Waals surface area contributed by atoms with E-state index in [1.165, 1.54) is 5.69 Å². The van der Waals surface area contributed by atoms with E-state index in [4.69, 9.17) is 5.73 Å². The highest BCUT2D eigenvalue weighted by molar-refractivity contribution is 5.54. The number of aromatic nitrogens is 1. The van der Waals surface area contributed by atoms with E-state index < -0.39 is 0 Å². The van der Waals surface area contributed by atoms with Crippen LogP contribution < -0.4 is 10.6 Å². The van der Waals surface area contributed by atoms with Crippen LogP contribution in [0.3, 0.4) is 0 Å². The fourth-order valence-electron chi connectivity index (χ4n) is 2.50. The van der Waals surface area contributed by atoms with Gasteiger partial charge in [0.2, 0.25) is 0 Å². The highest BCUT2D eigenvalue weighted by Gasteiger charge is 2.23. The van der Waals surface area contributed by atoms with E-state index in [1.54, 1.807) is 0 Å². The molecule has 2 rings (SSSR count). The fourth-order valence-corrected chi connectivity index (χ4v) is 2.50. The molecule has 1 aliphatic rings. The number of rotatable bonds is 2. The Balaban J connectivity index is 2.29. The van der Waals surface area contributed by atoms with Crippen molar-refractivity contribution < 1.29 is 0 Å². The zero-order valence-electron chi connectivity index (χ0n) is 11.0. The summed E-state index contributed by atoms with van der Waals surface area (Å²) in [6.45, 7) is 8.13. The molecule has 0 spiro atoms. The molecule has 1 fully saturated rings. The molecule has 1 unspecified atom stereocenters. The van der Waals surface area contributed by atoms with E-state index in [2.05, 4.69) is 34.8 Å². The lowest BCUT2D eigenvalue weighted by Crippen LogP contribution is -2.50. The van der Waals surface area contributed by atoms with Gasteiger partial charge in [0, 0.05) is 55.4 Å². The molecule has 94 valence electrons. The zero-order valence-corrected chi connectivity index (χ0v) is 11.0. The number of aryl methyl sites for hydroxylation is 1. The molecule has 1 saturated heterocycles. The summed E-state index contributed by atoms with van der Waals surface area (Å²) < 4.78 is 0. The molecule has 0 saturated carbocycles. The molecule has 4 heteroatoms. The number of hydrogen-bond acceptors (Lipinski definition) is 4. The molecular weight excluding hydrogens is 212 g/mol. The molecule has 0 bridgehead atoms. The Kier molecular flexibility index (Phi) is 3.64. The van der Waals surface area contributed by atoms with Gasteiger partial charge in [-0.25, -0.2) is 0 Å². The number of anilines is 1. The smallest absolute Gasteiger partial charge is 0.0448 e. The number of nitrogens with two attached hydrogens (primary N) is 1. The van der Waals surface area contributed by atoms with Crippen LogP contribution in [-0.2, 0) is 6.54 Å². The SMILES string of the molecule is Cc1cc(N2CCN(C)CC2C)c(CN)cn1. The van der Waals surface area contributed by atoms with Gasteiger partial charge in [-0.3, -0.25) is 4.98 Å². The number of pyridine rings is 1. The molecule has 0 aliphatic carbocycles. The van der Waals surface area contributed by atoms with Gasteiger partial charge in [0.25, 0.3) is 0 Å². The third-order valence-corrected chi connectivity index (χ3v) is 3.46. The molecule has 4 nitrogen and oxygen atoms in total. The average Bonchev–Trinajstić information content (AvgIpc) is 2.29. The van der Waals surface area contributed by atoms with Crippen molar-refractivity contribution in [1.82, 2.24) is 9.88 Å². The molecular formula is C13H22N4. The third-order valence-electron chi connectivity index (χ3n) is 3.46. The number of hydrogen-bond donors (Lipinski definition) is 1. The summed E-state index contributed by atoms with van der Waals surface area (Å²) in [7, 11) is 2.18. The molecule has 0 radical (unpaired) electrons. The van der Waals surface area contributed by atoms with E-state index in [9.17, 15) is 0 Å². The minimum Gasteiger partial charge on any atom is -0.366 e. The summed E-state index contributed by atoms with van der Waals surface area (Å²) in [5.74, 6) is 0. The van der Waals surface area contributed by atoms with Crippen molar-refractivity contribution in [3.05, 3.63) is 23.5 Å². The second-order valence-corrected chi connectivity index (χ2v) is 4.96. The summed E-state index contributed by atoms with van der Waals surface area (Å²) in [5.41, 5.74) is 9.27. The molecule has 0 amide bonds. The van der Waals surface area contributed by atoms with Crippen molar-refractivity contribution in [1.29, 1.82) is 0 Å². The van der Waals surface area contributed by atoms with E-state index in [-0.39, 0.29) is 0 Å². The van der Waals surface area contributed by atoms with Crippen LogP contribution in [0.15, 0.2) is 12.3 Å². The number of likely N-dealkylation sites (N-methyl/N-ethyl adjacent to an activating group) is 1. The summed E-state index contributed by atoms with van der Waals surface area (Å²) >= 11 is 0. The fraction of sp³-hybridized carbons (Fsp3) is 0.615. The Morgan fingerprint density at radius 3 is 2.88 bits per heavy atom. The van der Waals surface area contributed by atoms with Crippen LogP contribution >= 0.6 is 0 Å². The van der Waals surface area contributed by atoms with Crippen molar-refractivity contribution in [2.75, 3.05) is 31.6 Å². The van der Waals surface area contributed by atoms with Crippen molar-refractivity contribution in [2.45, 2.75) is 26.4 Å². The average molecular weight is 234 g/mol. The Labute approximate surface area is 103 Å². The monoisotopic (exact) mass is 234 g/mol. The Morgan fingerprint density at radius 2 is 2.24 bits per heavy atom. The van der Waals surface area contributed by atoms with Crippen molar-refractivity contribution in [3.8, 4) is 0 Å². The highest BCUT2D eigenvalue weighted by atomic mass is 15.3. The van der Waals surface area contributed by atoms with Gasteiger partial charge in [0.05, 0.1) is 0 Å². The van der Waals surface area contributed by atoms with E-state index in [1.807, 2.05) is 13.1 Å². The van der Waals surface area contributed by atoms with Crippen LogP contribution in [-0.4, -0.2) is 42.6 Å². The van der Waals surface area contributed by atoms with Gasteiger partial charge in [-0.1, -0.05) is 0 Å². The van der Waals surface area contributed by atoms with Crippen LogP contribution in [0.2, 0.25) is 0 Å². The van der Waals surface area contributed by atoms with Crippen molar-refractivity contribution in [2.24, 2.45) is 5.73 Å². The molecule has 1 aromatic heterocycles. The first-order valence-electron chi connectivity index (χ1n) is 6.22. The number of nitrogens with zero attached hydrogens (tertiary/aromatic N) is 3. The Morgan fingerprint density at radius 1 is 1.47 bits per heavy atom. The van der Waals surface area contributed by atoms with Crippen LogP contribution in [0.1, 0.15) is 18.2 Å². The van der Waals surface area contributed by atoms with Crippen LogP contribution in [0.5, 0.6) is 0 Å². The first kappa shape index (κ1) is 12.3. The second-order valence-electron chi connectivity index (χ2n) is 4.96. The lowest BCUT2D eigenvalue weighted by molar-refractivity contribution is 0.275. The van der Waals surface area contributed by atoms with Gasteiger partial charge in [-0.05, 0) is 27.0 Å². The molecule has 1 aliphatic heterocycles. The summed E-state index contributed by atoms with van der Waals surface area (Å²) in [6, 6.07) is 2.69. The van der Waals surface area contributed by atoms with Crippen molar-refractivity contribution >= 4 is 5.69 Å². The third kappa shape index (κ3) is 2.58. The largest absolute Gasteiger partial charge is 0.366 e. The van der Waals surface area contributed by atoms with Crippen LogP contribution in [0.4, 0.5) is 5.69 Å². The molecule has 2 N–H and O–H groups in total. The molecule has 2 heterocycles. The maximum atomic E-state index is 5.80. The van der Waals surface area contributed by atoms with Crippen LogP contribution in [0, 0.1) is 6.92 Å². The first-order valence-corrected chi connectivity index (χ1v) is 6.22. The van der Waals surface area contributed by atoms with Gasteiger partial charge in [0.1, 0.15) is 0 Å². The lowest BCUT2D eigenvalue weighted by Gasteiger charge is -2.40. The Bertz CT molecular complexity index is 391. The topological polar surface area (TPSA) is 45.4 Å². The highest BCUT2D eigenvalue weighted by Crippen LogP contribution is 2.24. The van der Waals surface area contributed by atoms with E-state index >= 15 is 0 Å². The normalized spacial score (nSPS) is 21.9. The van der Waals surface area contributed by atoms with Crippen LogP contribution in [0.25, 0.3) is 0 Å². The Hall–Kier alpha value is -1.13. The van der Waals surface area contributed by atoms with Gasteiger partial charge < -0.3 is 15.5 Å². The quantitative estimate of drug-likeness (QED) is 0.829. The zero-order chi connectivity index (χ0) is 12.4. The molecule has 17 heavy (non-hydrogen) atoms. The summed E-state index contributed by atoms with van der Waals surface area (Å²) in [5, 5.41) is 0. The minimum atomic E-state index is 0.529. The molecule has 1 atom stereocenters. The van der Waals surface area contributed by atoms with E-state index in [0.717, 1.165) is 30.9 Å². The predicted molar refractivity (Wildman–Crippen MR) is 71.2 cm³/mol.